The van der Waals surface area contributed by atoms with E-state index in [9.17, 15) is 4.79 Å². The second-order valence-electron chi connectivity index (χ2n) is 10.7. The molecule has 1 aliphatic rings. The van der Waals surface area contributed by atoms with Crippen LogP contribution in [0.3, 0.4) is 0 Å². The first-order chi connectivity index (χ1) is 19.4. The number of hydrogen-bond donors (Lipinski definition) is 3. The van der Waals surface area contributed by atoms with Crippen molar-refractivity contribution in [2.75, 3.05) is 50.6 Å². The number of nitrogens with zero attached hydrogens (tertiary/aromatic N) is 2. The minimum Gasteiger partial charge on any atom is -0.495 e. The van der Waals surface area contributed by atoms with Gasteiger partial charge in [-0.2, -0.15) is 0 Å². The summed E-state index contributed by atoms with van der Waals surface area (Å²) in [5, 5.41) is 7.93. The zero-order valence-corrected chi connectivity index (χ0v) is 23.4. The number of methoxy groups -OCH3 is 1. The molecule has 3 aromatic carbocycles. The minimum atomic E-state index is -0.351. The van der Waals surface area contributed by atoms with E-state index in [0.717, 1.165) is 66.0 Å². The van der Waals surface area contributed by atoms with Crippen molar-refractivity contribution < 1.29 is 14.3 Å². The van der Waals surface area contributed by atoms with Crippen LogP contribution >= 0.6 is 0 Å². The van der Waals surface area contributed by atoms with Crippen molar-refractivity contribution in [2.45, 2.75) is 25.8 Å². The third-order valence-corrected chi connectivity index (χ3v) is 7.54. The molecule has 8 heteroatoms. The Morgan fingerprint density at radius 1 is 1.00 bits per heavy atom. The Morgan fingerprint density at radius 2 is 1.73 bits per heavy atom. The molecule has 0 unspecified atom stereocenters. The second-order valence-corrected chi connectivity index (χ2v) is 10.7. The maximum atomic E-state index is 13.1. The van der Waals surface area contributed by atoms with Gasteiger partial charge in [-0.05, 0) is 40.8 Å². The van der Waals surface area contributed by atoms with Crippen LogP contribution < -0.4 is 21.1 Å². The molecule has 0 atom stereocenters. The average Bonchev–Trinajstić information content (AvgIpc) is 2.98. The number of pyridine rings is 1. The van der Waals surface area contributed by atoms with Crippen molar-refractivity contribution in [1.82, 2.24) is 9.88 Å². The molecule has 4 aromatic rings. The standard InChI is InChI=1S/C32H37N5O3/c1-32(2,21-33)23-9-12-29(30(18-23)39-3)36-31(38)35-28-13-11-25(26-6-4-5-7-27(26)28)22-8-10-24(34-19-22)20-37-14-16-40-17-15-37/h4-13,18-19H,14-17,20-21,33H2,1-3H3,(H2,35,36,38). The number of rotatable bonds is 8. The number of morpholine rings is 1. The number of carbonyl (C=O) groups excluding carboxylic acids is 1. The van der Waals surface area contributed by atoms with Gasteiger partial charge in [0.05, 0.1) is 37.4 Å². The van der Waals surface area contributed by atoms with Gasteiger partial charge in [-0.3, -0.25) is 9.88 Å². The summed E-state index contributed by atoms with van der Waals surface area (Å²) in [7, 11) is 1.59. The topological polar surface area (TPSA) is 102 Å². The van der Waals surface area contributed by atoms with Gasteiger partial charge in [0, 0.05) is 48.7 Å². The Labute approximate surface area is 235 Å². The van der Waals surface area contributed by atoms with E-state index in [-0.39, 0.29) is 11.4 Å². The number of ether oxygens (including phenoxy) is 2. The van der Waals surface area contributed by atoms with Crippen LogP contribution in [-0.2, 0) is 16.7 Å². The molecule has 208 valence electrons. The number of urea groups is 1. The molecule has 40 heavy (non-hydrogen) atoms. The molecule has 1 aromatic heterocycles. The highest BCUT2D eigenvalue weighted by Crippen LogP contribution is 2.34. The number of benzene rings is 3. The van der Waals surface area contributed by atoms with Gasteiger partial charge >= 0.3 is 6.03 Å². The summed E-state index contributed by atoms with van der Waals surface area (Å²) < 4.78 is 11.0. The minimum absolute atomic E-state index is 0.201. The predicted octanol–water partition coefficient (Wildman–Crippen LogP) is 5.62. The molecule has 0 saturated carbocycles. The Hall–Kier alpha value is -3.98. The van der Waals surface area contributed by atoms with Gasteiger partial charge in [0.15, 0.2) is 0 Å². The van der Waals surface area contributed by atoms with Gasteiger partial charge in [-0.15, -0.1) is 0 Å². The molecule has 0 aliphatic carbocycles. The number of aromatic nitrogens is 1. The molecular weight excluding hydrogens is 502 g/mol. The van der Waals surface area contributed by atoms with E-state index >= 15 is 0 Å². The lowest BCUT2D eigenvalue weighted by Crippen LogP contribution is -2.35. The summed E-state index contributed by atoms with van der Waals surface area (Å²) >= 11 is 0. The van der Waals surface area contributed by atoms with Gasteiger partial charge in [0.25, 0.3) is 0 Å². The fraction of sp³-hybridized carbons (Fsp3) is 0.312. The van der Waals surface area contributed by atoms with Gasteiger partial charge in [0.2, 0.25) is 0 Å². The van der Waals surface area contributed by atoms with E-state index in [1.54, 1.807) is 7.11 Å². The first-order valence-corrected chi connectivity index (χ1v) is 13.6. The highest BCUT2D eigenvalue weighted by atomic mass is 16.5. The number of nitrogens with two attached hydrogens (primary N) is 1. The predicted molar refractivity (Wildman–Crippen MR) is 161 cm³/mol. The van der Waals surface area contributed by atoms with Crippen LogP contribution in [0.2, 0.25) is 0 Å². The van der Waals surface area contributed by atoms with Crippen LogP contribution in [0.25, 0.3) is 21.9 Å². The summed E-state index contributed by atoms with van der Waals surface area (Å²) in [6, 6.07) is 21.6. The van der Waals surface area contributed by atoms with Crippen molar-refractivity contribution >= 4 is 28.2 Å². The van der Waals surface area contributed by atoms with Crippen LogP contribution in [0.5, 0.6) is 5.75 Å². The number of carbonyl (C=O) groups is 1. The fourth-order valence-corrected chi connectivity index (χ4v) is 4.93. The number of hydrogen-bond acceptors (Lipinski definition) is 6. The van der Waals surface area contributed by atoms with Crippen molar-refractivity contribution in [3.8, 4) is 16.9 Å². The third-order valence-electron chi connectivity index (χ3n) is 7.54. The quantitative estimate of drug-likeness (QED) is 0.269. The van der Waals surface area contributed by atoms with Crippen molar-refractivity contribution in [3.05, 3.63) is 84.2 Å². The fourth-order valence-electron chi connectivity index (χ4n) is 4.93. The maximum Gasteiger partial charge on any atom is 0.323 e. The van der Waals surface area contributed by atoms with Crippen LogP contribution in [0.15, 0.2) is 72.9 Å². The van der Waals surface area contributed by atoms with Gasteiger partial charge in [-0.1, -0.05) is 56.3 Å². The zero-order chi connectivity index (χ0) is 28.1. The Kier molecular flexibility index (Phi) is 8.30. The van der Waals surface area contributed by atoms with Gasteiger partial charge in [-0.25, -0.2) is 4.79 Å². The summed E-state index contributed by atoms with van der Waals surface area (Å²) in [4.78, 5) is 20.2. The summed E-state index contributed by atoms with van der Waals surface area (Å²) in [6.45, 7) is 8.88. The number of anilines is 2. The first-order valence-electron chi connectivity index (χ1n) is 13.6. The zero-order valence-electron chi connectivity index (χ0n) is 23.4. The monoisotopic (exact) mass is 539 g/mol. The van der Waals surface area contributed by atoms with Crippen LogP contribution in [-0.4, -0.2) is 55.9 Å². The van der Waals surface area contributed by atoms with E-state index in [0.29, 0.717) is 23.7 Å². The number of nitrogens with one attached hydrogen (secondary N) is 2. The normalized spacial score (nSPS) is 14.2. The lowest BCUT2D eigenvalue weighted by Gasteiger charge is -2.26. The lowest BCUT2D eigenvalue weighted by molar-refractivity contribution is 0.0336. The SMILES string of the molecule is COc1cc(C(C)(C)CN)ccc1NC(=O)Nc1ccc(-c2ccc(CN3CCOCC3)nc2)c2ccccc12. The highest BCUT2D eigenvalue weighted by molar-refractivity contribution is 6.10. The molecule has 8 nitrogen and oxygen atoms in total. The molecule has 0 spiro atoms. The summed E-state index contributed by atoms with van der Waals surface area (Å²) in [5.74, 6) is 0.582. The lowest BCUT2D eigenvalue weighted by atomic mass is 9.84. The maximum absolute atomic E-state index is 13.1. The van der Waals surface area contributed by atoms with Crippen molar-refractivity contribution in [3.63, 3.8) is 0 Å². The average molecular weight is 540 g/mol. The largest absolute Gasteiger partial charge is 0.495 e. The number of fused-ring (bicyclic) bond motifs is 1. The molecule has 0 bridgehead atoms. The molecule has 4 N–H and O–H groups in total. The van der Waals surface area contributed by atoms with E-state index in [1.165, 1.54) is 0 Å². The molecule has 1 saturated heterocycles. The molecule has 5 rings (SSSR count). The first kappa shape index (κ1) is 27.6. The van der Waals surface area contributed by atoms with E-state index in [4.69, 9.17) is 20.2 Å². The van der Waals surface area contributed by atoms with E-state index in [1.807, 2.05) is 54.7 Å². The Bertz CT molecular complexity index is 1480. The molecule has 2 amide bonds. The summed E-state index contributed by atoms with van der Waals surface area (Å²) in [5.41, 5.74) is 11.2. The molecule has 1 aliphatic heterocycles. The van der Waals surface area contributed by atoms with Gasteiger partial charge < -0.3 is 25.8 Å². The number of amides is 2. The van der Waals surface area contributed by atoms with Crippen LogP contribution in [0.1, 0.15) is 25.1 Å². The third kappa shape index (κ3) is 6.09. The van der Waals surface area contributed by atoms with E-state index < -0.39 is 0 Å². The van der Waals surface area contributed by atoms with Crippen molar-refractivity contribution in [1.29, 1.82) is 0 Å². The van der Waals surface area contributed by atoms with Crippen molar-refractivity contribution in [2.24, 2.45) is 5.73 Å². The summed E-state index contributed by atoms with van der Waals surface area (Å²) in [6.07, 6.45) is 1.93. The van der Waals surface area contributed by atoms with Crippen LogP contribution in [0, 0.1) is 0 Å². The van der Waals surface area contributed by atoms with E-state index in [2.05, 4.69) is 47.6 Å². The smallest absolute Gasteiger partial charge is 0.323 e. The Morgan fingerprint density at radius 3 is 2.42 bits per heavy atom. The molecule has 0 radical (unpaired) electrons. The second kappa shape index (κ2) is 12.0. The molecule has 2 heterocycles. The Balaban J connectivity index is 1.34. The van der Waals surface area contributed by atoms with Crippen LogP contribution in [0.4, 0.5) is 16.2 Å². The highest BCUT2D eigenvalue weighted by Gasteiger charge is 2.21. The molecule has 1 fully saturated rings. The molecular formula is C32H37N5O3. The van der Waals surface area contributed by atoms with Gasteiger partial charge in [0.1, 0.15) is 5.75 Å².